The second-order valence-electron chi connectivity index (χ2n) is 6.33. The van der Waals surface area contributed by atoms with Gasteiger partial charge in [0.25, 0.3) is 0 Å². The molecular weight excluding hydrogens is 427 g/mol. The molecule has 0 saturated heterocycles. The fourth-order valence-corrected chi connectivity index (χ4v) is 3.74. The van der Waals surface area contributed by atoms with Crippen LogP contribution in [0.1, 0.15) is 5.56 Å². The number of nitrogens with zero attached hydrogens (tertiary/aromatic N) is 4. The molecule has 0 radical (unpaired) electrons. The fraction of sp³-hybridized carbons (Fsp3) is 0.100. The zero-order valence-electron chi connectivity index (χ0n) is 15.8. The first-order valence-corrected chi connectivity index (χ1v) is 10.1. The van der Waals surface area contributed by atoms with Crippen LogP contribution < -0.4 is 15.5 Å². The third-order valence-corrected chi connectivity index (χ3v) is 5.39. The molecule has 3 aromatic heterocycles. The Hall–Kier alpha value is -3.30. The lowest BCUT2D eigenvalue weighted by Gasteiger charge is -2.18. The van der Waals surface area contributed by atoms with Crippen molar-refractivity contribution >= 4 is 56.0 Å². The molecule has 1 aromatic carbocycles. The first-order valence-electron chi connectivity index (χ1n) is 8.90. The van der Waals surface area contributed by atoms with Gasteiger partial charge in [0.1, 0.15) is 22.0 Å². The van der Waals surface area contributed by atoms with E-state index in [4.69, 9.17) is 11.6 Å². The summed E-state index contributed by atoms with van der Waals surface area (Å²) in [5.41, 5.74) is 1.93. The maximum absolute atomic E-state index is 14.2. The van der Waals surface area contributed by atoms with E-state index in [0.29, 0.717) is 38.6 Å². The van der Waals surface area contributed by atoms with Gasteiger partial charge in [0, 0.05) is 31.0 Å². The molecule has 0 bridgehead atoms. The van der Waals surface area contributed by atoms with Crippen molar-refractivity contribution in [3.05, 3.63) is 71.3 Å². The first-order chi connectivity index (χ1) is 14.5. The number of benzene rings is 1. The molecule has 0 atom stereocenters. The Morgan fingerprint density at radius 1 is 1.17 bits per heavy atom. The number of amides is 2. The highest BCUT2D eigenvalue weighted by atomic mass is 35.5. The van der Waals surface area contributed by atoms with Crippen molar-refractivity contribution in [2.75, 3.05) is 17.3 Å². The summed E-state index contributed by atoms with van der Waals surface area (Å²) in [5.74, 6) is 0.102. The molecule has 0 fully saturated rings. The van der Waals surface area contributed by atoms with Crippen LogP contribution in [-0.4, -0.2) is 28.0 Å². The number of anilines is 3. The molecule has 0 aliphatic carbocycles. The number of urea groups is 1. The van der Waals surface area contributed by atoms with Gasteiger partial charge in [-0.3, -0.25) is 10.3 Å². The topological polar surface area (TPSA) is 83.0 Å². The highest BCUT2D eigenvalue weighted by molar-refractivity contribution is 7.22. The average Bonchev–Trinajstić information content (AvgIpc) is 3.14. The smallest absolute Gasteiger partial charge is 0.321 e. The van der Waals surface area contributed by atoms with E-state index in [1.54, 1.807) is 48.6 Å². The largest absolute Gasteiger partial charge is 0.334 e. The van der Waals surface area contributed by atoms with Gasteiger partial charge in [-0.05, 0) is 48.0 Å². The van der Waals surface area contributed by atoms with E-state index < -0.39 is 5.82 Å². The Labute approximate surface area is 180 Å². The average molecular weight is 443 g/mol. The molecule has 4 rings (SSSR count). The number of rotatable bonds is 5. The van der Waals surface area contributed by atoms with Crippen molar-refractivity contribution in [2.45, 2.75) is 6.54 Å². The Kier molecular flexibility index (Phi) is 5.73. The summed E-state index contributed by atoms with van der Waals surface area (Å²) < 4.78 is 14.2. The van der Waals surface area contributed by atoms with Crippen LogP contribution in [0.25, 0.3) is 10.3 Å². The molecule has 0 aliphatic rings. The number of carbonyl (C=O) groups is 1. The molecule has 0 spiro atoms. The summed E-state index contributed by atoms with van der Waals surface area (Å²) in [6.07, 6.45) is 3.33. The Bertz CT molecular complexity index is 1200. The minimum Gasteiger partial charge on any atom is -0.334 e. The van der Waals surface area contributed by atoms with Gasteiger partial charge in [-0.15, -0.1) is 0 Å². The Morgan fingerprint density at radius 3 is 2.73 bits per heavy atom. The van der Waals surface area contributed by atoms with Gasteiger partial charge in [0.05, 0.1) is 5.69 Å². The second-order valence-corrected chi connectivity index (χ2v) is 7.74. The molecule has 7 nitrogen and oxygen atoms in total. The van der Waals surface area contributed by atoms with Crippen LogP contribution in [0, 0.1) is 5.82 Å². The lowest BCUT2D eigenvalue weighted by Crippen LogP contribution is -2.28. The van der Waals surface area contributed by atoms with Gasteiger partial charge in [0.2, 0.25) is 0 Å². The van der Waals surface area contributed by atoms with Gasteiger partial charge in [-0.1, -0.05) is 22.9 Å². The molecule has 0 saturated carbocycles. The SMILES string of the molecule is CN(c1ccc2nc(NC(=O)NCc3ccncc3)sc2n1)c1ccc(Cl)cc1F. The monoisotopic (exact) mass is 442 g/mol. The van der Waals surface area contributed by atoms with Crippen molar-refractivity contribution in [3.63, 3.8) is 0 Å². The van der Waals surface area contributed by atoms with Gasteiger partial charge in [-0.25, -0.2) is 19.2 Å². The Morgan fingerprint density at radius 2 is 1.97 bits per heavy atom. The zero-order valence-corrected chi connectivity index (χ0v) is 17.3. The second kappa shape index (κ2) is 8.60. The quantitative estimate of drug-likeness (QED) is 0.456. The summed E-state index contributed by atoms with van der Waals surface area (Å²) in [6.45, 7) is 0.374. The minimum atomic E-state index is -0.440. The van der Waals surface area contributed by atoms with Crippen molar-refractivity contribution in [2.24, 2.45) is 0 Å². The van der Waals surface area contributed by atoms with Crippen molar-refractivity contribution in [1.82, 2.24) is 20.3 Å². The molecule has 0 unspecified atom stereocenters. The lowest BCUT2D eigenvalue weighted by atomic mass is 10.2. The van der Waals surface area contributed by atoms with Crippen molar-refractivity contribution < 1.29 is 9.18 Å². The van der Waals surface area contributed by atoms with Gasteiger partial charge in [-0.2, -0.15) is 0 Å². The molecular formula is C20H16ClFN6OS. The number of hydrogen-bond donors (Lipinski definition) is 2. The molecule has 2 N–H and O–H groups in total. The molecule has 3 heterocycles. The molecule has 0 aliphatic heterocycles. The molecule has 30 heavy (non-hydrogen) atoms. The van der Waals surface area contributed by atoms with Crippen LogP contribution in [0.15, 0.2) is 54.9 Å². The van der Waals surface area contributed by atoms with Crippen LogP contribution in [0.2, 0.25) is 5.02 Å². The lowest BCUT2D eigenvalue weighted by molar-refractivity contribution is 0.251. The van der Waals surface area contributed by atoms with E-state index in [1.165, 1.54) is 17.4 Å². The highest BCUT2D eigenvalue weighted by Crippen LogP contribution is 2.30. The minimum absolute atomic E-state index is 0.327. The van der Waals surface area contributed by atoms with Crippen LogP contribution in [0.3, 0.4) is 0 Å². The van der Waals surface area contributed by atoms with Crippen LogP contribution in [0.4, 0.5) is 25.8 Å². The number of halogens is 2. The van der Waals surface area contributed by atoms with E-state index in [0.717, 1.165) is 5.56 Å². The molecule has 2 amide bonds. The predicted molar refractivity (Wildman–Crippen MR) is 117 cm³/mol. The number of carbonyl (C=O) groups excluding carboxylic acids is 1. The number of nitrogens with one attached hydrogen (secondary N) is 2. The normalized spacial score (nSPS) is 10.8. The first kappa shape index (κ1) is 20.0. The molecule has 10 heteroatoms. The number of aromatic nitrogens is 3. The summed E-state index contributed by atoms with van der Waals surface area (Å²) in [7, 11) is 1.72. The fourth-order valence-electron chi connectivity index (χ4n) is 2.75. The molecule has 152 valence electrons. The van der Waals surface area contributed by atoms with E-state index >= 15 is 0 Å². The number of fused-ring (bicyclic) bond motifs is 1. The maximum atomic E-state index is 14.2. The summed E-state index contributed by atoms with van der Waals surface area (Å²) >= 11 is 7.06. The van der Waals surface area contributed by atoms with E-state index in [9.17, 15) is 9.18 Å². The van der Waals surface area contributed by atoms with E-state index in [2.05, 4.69) is 25.6 Å². The van der Waals surface area contributed by atoms with Gasteiger partial charge >= 0.3 is 6.03 Å². The van der Waals surface area contributed by atoms with Gasteiger partial charge < -0.3 is 10.2 Å². The summed E-state index contributed by atoms with van der Waals surface area (Å²) in [4.78, 5) is 27.2. The standard InChI is InChI=1S/C20H16ClFN6OS/c1-28(16-4-2-13(21)10-14(16)22)17-5-3-15-18(26-17)30-20(25-15)27-19(29)24-11-12-6-8-23-9-7-12/h2-10H,11H2,1H3,(H2,24,25,27,29). The van der Waals surface area contributed by atoms with Crippen molar-refractivity contribution in [3.8, 4) is 0 Å². The zero-order chi connectivity index (χ0) is 21.1. The van der Waals surface area contributed by atoms with E-state index in [-0.39, 0.29) is 6.03 Å². The highest BCUT2D eigenvalue weighted by Gasteiger charge is 2.14. The van der Waals surface area contributed by atoms with Gasteiger partial charge in [0.15, 0.2) is 5.13 Å². The van der Waals surface area contributed by atoms with Crippen LogP contribution >= 0.6 is 22.9 Å². The van der Waals surface area contributed by atoms with Crippen molar-refractivity contribution in [1.29, 1.82) is 0 Å². The maximum Gasteiger partial charge on any atom is 0.321 e. The number of pyridine rings is 2. The third kappa shape index (κ3) is 4.47. The van der Waals surface area contributed by atoms with E-state index in [1.807, 2.05) is 12.1 Å². The molecule has 4 aromatic rings. The Balaban J connectivity index is 1.47. The third-order valence-electron chi connectivity index (χ3n) is 4.28. The number of thiazole rings is 1. The summed E-state index contributed by atoms with van der Waals surface area (Å²) in [5, 5.41) is 6.22. The number of hydrogen-bond acceptors (Lipinski definition) is 6. The van der Waals surface area contributed by atoms with Crippen LogP contribution in [0.5, 0.6) is 0 Å². The summed E-state index contributed by atoms with van der Waals surface area (Å²) in [6, 6.07) is 11.3. The predicted octanol–water partition coefficient (Wildman–Crippen LogP) is 4.97. The van der Waals surface area contributed by atoms with Crippen LogP contribution in [-0.2, 0) is 6.54 Å².